The fraction of sp³-hybridized carbons (Fsp3) is 0.625. The van der Waals surface area contributed by atoms with E-state index in [-0.39, 0.29) is 6.04 Å². The van der Waals surface area contributed by atoms with Crippen LogP contribution in [0, 0.1) is 19.3 Å². The molecule has 100 valence electrons. The lowest BCUT2D eigenvalue weighted by atomic mass is 9.93. The van der Waals surface area contributed by atoms with Crippen LogP contribution in [-0.2, 0) is 0 Å². The maximum absolute atomic E-state index is 6.34. The SMILES string of the molecule is Cc1ccc(C(N)CN2CCC(C)(C)C2)cc1C. The first-order valence-corrected chi connectivity index (χ1v) is 6.92. The summed E-state index contributed by atoms with van der Waals surface area (Å²) in [5.41, 5.74) is 10.7. The summed E-state index contributed by atoms with van der Waals surface area (Å²) in [4.78, 5) is 2.50. The van der Waals surface area contributed by atoms with Crippen molar-refractivity contribution >= 4 is 0 Å². The Kier molecular flexibility index (Phi) is 3.79. The number of likely N-dealkylation sites (tertiary alicyclic amines) is 1. The van der Waals surface area contributed by atoms with Gasteiger partial charge >= 0.3 is 0 Å². The van der Waals surface area contributed by atoms with Crippen LogP contribution in [0.15, 0.2) is 18.2 Å². The third-order valence-corrected chi connectivity index (χ3v) is 4.17. The summed E-state index contributed by atoms with van der Waals surface area (Å²) >= 11 is 0. The molecule has 2 N–H and O–H groups in total. The molecule has 2 nitrogen and oxygen atoms in total. The molecule has 0 saturated carbocycles. The van der Waals surface area contributed by atoms with Gasteiger partial charge in [0.1, 0.15) is 0 Å². The zero-order valence-electron chi connectivity index (χ0n) is 12.2. The molecule has 2 rings (SSSR count). The molecule has 1 fully saturated rings. The van der Waals surface area contributed by atoms with Crippen molar-refractivity contribution in [3.8, 4) is 0 Å². The lowest BCUT2D eigenvalue weighted by Crippen LogP contribution is -2.31. The molecule has 2 heteroatoms. The van der Waals surface area contributed by atoms with E-state index < -0.39 is 0 Å². The molecule has 1 aliphatic heterocycles. The predicted molar refractivity (Wildman–Crippen MR) is 77.7 cm³/mol. The van der Waals surface area contributed by atoms with Gasteiger partial charge in [-0.15, -0.1) is 0 Å². The molecule has 1 unspecified atom stereocenters. The highest BCUT2D eigenvalue weighted by Crippen LogP contribution is 2.29. The van der Waals surface area contributed by atoms with Crippen molar-refractivity contribution in [2.24, 2.45) is 11.1 Å². The third kappa shape index (κ3) is 3.12. The number of benzene rings is 1. The molecule has 1 heterocycles. The highest BCUT2D eigenvalue weighted by Gasteiger charge is 2.29. The molecule has 0 radical (unpaired) electrons. The van der Waals surface area contributed by atoms with Crippen LogP contribution in [0.4, 0.5) is 0 Å². The zero-order chi connectivity index (χ0) is 13.3. The smallest absolute Gasteiger partial charge is 0.0424 e. The van der Waals surface area contributed by atoms with Crippen molar-refractivity contribution in [3.63, 3.8) is 0 Å². The van der Waals surface area contributed by atoms with Crippen molar-refractivity contribution in [1.82, 2.24) is 4.90 Å². The lowest BCUT2D eigenvalue weighted by molar-refractivity contribution is 0.276. The highest BCUT2D eigenvalue weighted by molar-refractivity contribution is 5.31. The molecule has 1 aromatic rings. The monoisotopic (exact) mass is 246 g/mol. The molecule has 0 aliphatic carbocycles. The van der Waals surface area contributed by atoms with Crippen LogP contribution >= 0.6 is 0 Å². The fourth-order valence-electron chi connectivity index (χ4n) is 2.76. The van der Waals surface area contributed by atoms with Gasteiger partial charge in [-0.2, -0.15) is 0 Å². The van der Waals surface area contributed by atoms with Gasteiger partial charge in [0.2, 0.25) is 0 Å². The second kappa shape index (κ2) is 5.02. The topological polar surface area (TPSA) is 29.3 Å². The van der Waals surface area contributed by atoms with Gasteiger partial charge in [0.25, 0.3) is 0 Å². The van der Waals surface area contributed by atoms with Crippen LogP contribution < -0.4 is 5.73 Å². The first-order chi connectivity index (χ1) is 8.37. The molecular weight excluding hydrogens is 220 g/mol. The van der Waals surface area contributed by atoms with E-state index in [2.05, 4.69) is 50.8 Å². The summed E-state index contributed by atoms with van der Waals surface area (Å²) < 4.78 is 0. The van der Waals surface area contributed by atoms with Crippen molar-refractivity contribution in [2.45, 2.75) is 40.2 Å². The predicted octanol–water partition coefficient (Wildman–Crippen LogP) is 3.04. The normalized spacial score (nSPS) is 21.2. The average molecular weight is 246 g/mol. The van der Waals surface area contributed by atoms with Crippen molar-refractivity contribution < 1.29 is 0 Å². The van der Waals surface area contributed by atoms with E-state index in [1.54, 1.807) is 0 Å². The van der Waals surface area contributed by atoms with E-state index >= 15 is 0 Å². The van der Waals surface area contributed by atoms with E-state index in [4.69, 9.17) is 5.73 Å². The van der Waals surface area contributed by atoms with Gasteiger partial charge in [-0.1, -0.05) is 32.0 Å². The number of rotatable bonds is 3. The van der Waals surface area contributed by atoms with Gasteiger partial charge in [-0.05, 0) is 48.9 Å². The Balaban J connectivity index is 1.99. The van der Waals surface area contributed by atoms with Crippen molar-refractivity contribution in [2.75, 3.05) is 19.6 Å². The van der Waals surface area contributed by atoms with Crippen molar-refractivity contribution in [3.05, 3.63) is 34.9 Å². The molecule has 0 amide bonds. The second-order valence-corrected chi connectivity index (χ2v) is 6.60. The minimum Gasteiger partial charge on any atom is -0.323 e. The molecule has 1 atom stereocenters. The number of nitrogens with zero attached hydrogens (tertiary/aromatic N) is 1. The van der Waals surface area contributed by atoms with Gasteiger partial charge in [-0.25, -0.2) is 0 Å². The van der Waals surface area contributed by atoms with Gasteiger partial charge < -0.3 is 10.6 Å². The summed E-state index contributed by atoms with van der Waals surface area (Å²) in [6, 6.07) is 6.73. The third-order valence-electron chi connectivity index (χ3n) is 4.17. The Morgan fingerprint density at radius 1 is 1.28 bits per heavy atom. The van der Waals surface area contributed by atoms with Gasteiger partial charge in [-0.3, -0.25) is 0 Å². The lowest BCUT2D eigenvalue weighted by Gasteiger charge is -2.23. The summed E-state index contributed by atoms with van der Waals surface area (Å²) in [6.07, 6.45) is 1.28. The van der Waals surface area contributed by atoms with Crippen molar-refractivity contribution in [1.29, 1.82) is 0 Å². The van der Waals surface area contributed by atoms with Crippen LogP contribution in [0.3, 0.4) is 0 Å². The van der Waals surface area contributed by atoms with E-state index in [1.807, 2.05) is 0 Å². The summed E-state index contributed by atoms with van der Waals surface area (Å²) in [7, 11) is 0. The Morgan fingerprint density at radius 2 is 2.00 bits per heavy atom. The molecular formula is C16H26N2. The van der Waals surface area contributed by atoms with E-state index in [0.29, 0.717) is 5.41 Å². The van der Waals surface area contributed by atoms with Gasteiger partial charge in [0.15, 0.2) is 0 Å². The zero-order valence-corrected chi connectivity index (χ0v) is 12.2. The molecule has 18 heavy (non-hydrogen) atoms. The van der Waals surface area contributed by atoms with Crippen LogP contribution in [0.25, 0.3) is 0 Å². The van der Waals surface area contributed by atoms with E-state index in [9.17, 15) is 0 Å². The standard InChI is InChI=1S/C16H26N2/c1-12-5-6-14(9-13(12)2)15(17)10-18-8-7-16(3,4)11-18/h5-6,9,15H,7-8,10-11,17H2,1-4H3. The summed E-state index contributed by atoms with van der Waals surface area (Å²) in [6.45, 7) is 12.3. The maximum atomic E-state index is 6.34. The Hall–Kier alpha value is -0.860. The number of hydrogen-bond acceptors (Lipinski definition) is 2. The minimum absolute atomic E-state index is 0.137. The number of hydrogen-bond donors (Lipinski definition) is 1. The Morgan fingerprint density at radius 3 is 2.56 bits per heavy atom. The fourth-order valence-corrected chi connectivity index (χ4v) is 2.76. The number of aryl methyl sites for hydroxylation is 2. The van der Waals surface area contributed by atoms with Crippen LogP contribution in [0.5, 0.6) is 0 Å². The maximum Gasteiger partial charge on any atom is 0.0424 e. The van der Waals surface area contributed by atoms with Crippen LogP contribution in [-0.4, -0.2) is 24.5 Å². The molecule has 0 spiro atoms. The quantitative estimate of drug-likeness (QED) is 0.888. The molecule has 1 aliphatic rings. The molecule has 0 bridgehead atoms. The first-order valence-electron chi connectivity index (χ1n) is 6.92. The van der Waals surface area contributed by atoms with Crippen LogP contribution in [0.2, 0.25) is 0 Å². The summed E-state index contributed by atoms with van der Waals surface area (Å²) in [5, 5.41) is 0. The average Bonchev–Trinajstić information content (AvgIpc) is 2.62. The highest BCUT2D eigenvalue weighted by atomic mass is 15.2. The Bertz CT molecular complexity index is 423. The number of nitrogens with two attached hydrogens (primary N) is 1. The van der Waals surface area contributed by atoms with E-state index in [1.165, 1.54) is 36.2 Å². The first kappa shape index (κ1) is 13.6. The molecule has 1 aromatic carbocycles. The molecule has 0 aromatic heterocycles. The van der Waals surface area contributed by atoms with Crippen LogP contribution in [0.1, 0.15) is 43.0 Å². The Labute approximate surface area is 111 Å². The molecule has 1 saturated heterocycles. The minimum atomic E-state index is 0.137. The largest absolute Gasteiger partial charge is 0.323 e. The van der Waals surface area contributed by atoms with Gasteiger partial charge in [0, 0.05) is 19.1 Å². The summed E-state index contributed by atoms with van der Waals surface area (Å²) in [5.74, 6) is 0. The second-order valence-electron chi connectivity index (χ2n) is 6.60. The van der Waals surface area contributed by atoms with E-state index in [0.717, 1.165) is 6.54 Å². The van der Waals surface area contributed by atoms with Gasteiger partial charge in [0.05, 0.1) is 0 Å².